The first-order valence-corrected chi connectivity index (χ1v) is 21.0. The molecule has 1 amide bonds. The molecule has 0 spiro atoms. The third kappa shape index (κ3) is 34.2. The van der Waals surface area contributed by atoms with Gasteiger partial charge in [0.15, 0.2) is 0 Å². The summed E-state index contributed by atoms with van der Waals surface area (Å²) < 4.78 is 32.4. The number of carbonyl (C=O) groups is 1. The number of aliphatic hydroxyl groups is 1. The molecule has 0 heterocycles. The highest BCUT2D eigenvalue weighted by Crippen LogP contribution is 2.16. The molecule has 268 valence electrons. The van der Waals surface area contributed by atoms with Crippen LogP contribution in [0.1, 0.15) is 206 Å². The third-order valence-corrected chi connectivity index (χ3v) is 9.75. The fourth-order valence-corrected chi connectivity index (χ4v) is 6.80. The number of hydrogen-bond acceptors (Lipinski definition) is 4. The number of carbonyl (C=O) groups excluding carboxylic acids is 1. The van der Waals surface area contributed by atoms with Crippen molar-refractivity contribution in [2.24, 2.45) is 0 Å². The lowest BCUT2D eigenvalue weighted by Gasteiger charge is -2.23. The largest absolute Gasteiger partial charge is 0.391 e. The van der Waals surface area contributed by atoms with Gasteiger partial charge in [-0.2, -0.15) is 8.42 Å². The van der Waals surface area contributed by atoms with Gasteiger partial charge >= 0.3 is 0 Å². The lowest BCUT2D eigenvalue weighted by Crippen LogP contribution is -2.47. The molecule has 0 radical (unpaired) electrons. The molecule has 0 aliphatic heterocycles. The highest BCUT2D eigenvalue weighted by molar-refractivity contribution is 7.85. The minimum atomic E-state index is -4.30. The van der Waals surface area contributed by atoms with Gasteiger partial charge < -0.3 is 10.4 Å². The van der Waals surface area contributed by atoms with E-state index in [0.29, 0.717) is 12.8 Å². The Labute approximate surface area is 280 Å². The van der Waals surface area contributed by atoms with Gasteiger partial charge in [-0.15, -0.1) is 0 Å². The van der Waals surface area contributed by atoms with Crippen LogP contribution in [0.2, 0.25) is 0 Å². The van der Waals surface area contributed by atoms with Crippen molar-refractivity contribution in [2.45, 2.75) is 219 Å². The highest BCUT2D eigenvalue weighted by atomic mass is 32.2. The molecule has 2 atom stereocenters. The summed E-state index contributed by atoms with van der Waals surface area (Å²) in [5.41, 5.74) is 0. The van der Waals surface area contributed by atoms with Gasteiger partial charge in [0.25, 0.3) is 10.1 Å². The summed E-state index contributed by atoms with van der Waals surface area (Å²) in [6.07, 6.45) is 38.7. The number of unbranched alkanes of at least 4 members (excludes halogenated alkanes) is 25. The topological polar surface area (TPSA) is 104 Å². The maximum atomic E-state index is 12.5. The molecule has 0 saturated heterocycles. The third-order valence-electron chi connectivity index (χ3n) is 8.97. The number of aliphatic hydroxyl groups excluding tert-OH is 1. The van der Waals surface area contributed by atoms with Crippen LogP contribution in [0.25, 0.3) is 0 Å². The van der Waals surface area contributed by atoms with Gasteiger partial charge in [0.05, 0.1) is 17.9 Å². The molecule has 7 heteroatoms. The Morgan fingerprint density at radius 2 is 0.933 bits per heavy atom. The van der Waals surface area contributed by atoms with Crippen molar-refractivity contribution in [2.75, 3.05) is 5.75 Å². The van der Waals surface area contributed by atoms with Crippen LogP contribution < -0.4 is 5.32 Å². The van der Waals surface area contributed by atoms with Crippen LogP contribution in [-0.2, 0) is 14.9 Å². The Kier molecular flexibility index (Phi) is 32.3. The molecular formula is C38H75NO5S. The van der Waals surface area contributed by atoms with Gasteiger partial charge in [-0.25, -0.2) is 0 Å². The van der Waals surface area contributed by atoms with Crippen LogP contribution in [0.3, 0.4) is 0 Å². The van der Waals surface area contributed by atoms with E-state index in [4.69, 9.17) is 0 Å². The summed E-state index contributed by atoms with van der Waals surface area (Å²) in [7, 11) is -4.30. The quantitative estimate of drug-likeness (QED) is 0.0357. The lowest BCUT2D eigenvalue weighted by molar-refractivity contribution is -0.122. The van der Waals surface area contributed by atoms with Crippen molar-refractivity contribution in [3.8, 4) is 0 Å². The van der Waals surface area contributed by atoms with Crippen LogP contribution >= 0.6 is 0 Å². The molecule has 0 fully saturated rings. The van der Waals surface area contributed by atoms with Gasteiger partial charge in [0.2, 0.25) is 5.91 Å². The van der Waals surface area contributed by atoms with Crippen molar-refractivity contribution >= 4 is 16.0 Å². The lowest BCUT2D eigenvalue weighted by atomic mass is 10.0. The van der Waals surface area contributed by atoms with E-state index >= 15 is 0 Å². The number of rotatable bonds is 35. The van der Waals surface area contributed by atoms with Crippen molar-refractivity contribution in [1.82, 2.24) is 5.32 Å². The first-order valence-electron chi connectivity index (χ1n) is 19.4. The Hall–Kier alpha value is -0.920. The van der Waals surface area contributed by atoms with E-state index in [1.54, 1.807) is 0 Å². The standard InChI is InChI=1S/C38H75NO5S/c1-3-5-7-9-11-13-15-17-18-19-20-22-23-25-27-29-31-33-37(40)36(35-45(42,43)44)39-38(41)34-32-30-28-26-24-21-16-14-12-10-8-6-4-2/h14,16,36-37,40H,3-13,15,17-35H2,1-2H3,(H,39,41)(H,42,43,44)/b16-14-. The molecule has 45 heavy (non-hydrogen) atoms. The summed E-state index contributed by atoms with van der Waals surface area (Å²) in [6.45, 7) is 4.50. The molecule has 0 aliphatic carbocycles. The van der Waals surface area contributed by atoms with Crippen LogP contribution in [0.15, 0.2) is 12.2 Å². The first kappa shape index (κ1) is 44.1. The minimum absolute atomic E-state index is 0.254. The van der Waals surface area contributed by atoms with Crippen LogP contribution in [0.5, 0.6) is 0 Å². The number of amides is 1. The van der Waals surface area contributed by atoms with Crippen molar-refractivity contribution < 1.29 is 22.9 Å². The zero-order chi connectivity index (χ0) is 33.3. The van der Waals surface area contributed by atoms with E-state index in [1.807, 2.05) is 0 Å². The second-order valence-electron chi connectivity index (χ2n) is 13.6. The highest BCUT2D eigenvalue weighted by Gasteiger charge is 2.26. The SMILES string of the molecule is CCCCCC/C=C\CCCCCCCC(=O)NC(CS(=O)(=O)O)C(O)CCCCCCCCCCCCCCCCCCC. The Morgan fingerprint density at radius 1 is 0.578 bits per heavy atom. The number of nitrogens with one attached hydrogen (secondary N) is 1. The van der Waals surface area contributed by atoms with Crippen LogP contribution in [-0.4, -0.2) is 41.9 Å². The Balaban J connectivity index is 3.88. The van der Waals surface area contributed by atoms with Gasteiger partial charge in [-0.05, 0) is 38.5 Å². The molecular weight excluding hydrogens is 582 g/mol. The first-order chi connectivity index (χ1) is 21.8. The van der Waals surface area contributed by atoms with Crippen molar-refractivity contribution in [3.05, 3.63) is 12.2 Å². The average molecular weight is 658 g/mol. The van der Waals surface area contributed by atoms with Crippen LogP contribution in [0.4, 0.5) is 0 Å². The average Bonchev–Trinajstić information content (AvgIpc) is 3.00. The summed E-state index contributed by atoms with van der Waals surface area (Å²) >= 11 is 0. The minimum Gasteiger partial charge on any atom is -0.391 e. The van der Waals surface area contributed by atoms with E-state index in [9.17, 15) is 22.9 Å². The molecule has 0 aromatic rings. The van der Waals surface area contributed by atoms with Crippen molar-refractivity contribution in [1.29, 1.82) is 0 Å². The molecule has 3 N–H and O–H groups in total. The molecule has 0 aliphatic rings. The van der Waals surface area contributed by atoms with E-state index in [1.165, 1.54) is 128 Å². The Morgan fingerprint density at radius 3 is 1.36 bits per heavy atom. The van der Waals surface area contributed by atoms with Crippen molar-refractivity contribution in [3.63, 3.8) is 0 Å². The van der Waals surface area contributed by atoms with E-state index in [-0.39, 0.29) is 5.91 Å². The van der Waals surface area contributed by atoms with Gasteiger partial charge in [-0.3, -0.25) is 9.35 Å². The zero-order valence-electron chi connectivity index (χ0n) is 29.8. The maximum absolute atomic E-state index is 12.5. The normalized spacial score (nSPS) is 13.4. The Bertz CT molecular complexity index is 770. The second-order valence-corrected chi connectivity index (χ2v) is 15.1. The number of allylic oxidation sites excluding steroid dienone is 2. The number of hydrogen-bond donors (Lipinski definition) is 3. The van der Waals surface area contributed by atoms with E-state index in [2.05, 4.69) is 31.3 Å². The second kappa shape index (κ2) is 33.0. The summed E-state index contributed by atoms with van der Waals surface area (Å²) in [4.78, 5) is 12.5. The summed E-state index contributed by atoms with van der Waals surface area (Å²) in [5.74, 6) is -0.901. The summed E-state index contributed by atoms with van der Waals surface area (Å²) in [6, 6.07) is -0.970. The fraction of sp³-hybridized carbons (Fsp3) is 0.921. The molecule has 0 aromatic heterocycles. The molecule has 6 nitrogen and oxygen atoms in total. The molecule has 0 saturated carbocycles. The van der Waals surface area contributed by atoms with Crippen LogP contribution in [0, 0.1) is 0 Å². The maximum Gasteiger partial charge on any atom is 0.266 e. The zero-order valence-corrected chi connectivity index (χ0v) is 30.6. The molecule has 2 unspecified atom stereocenters. The van der Waals surface area contributed by atoms with E-state index in [0.717, 1.165) is 51.4 Å². The fourth-order valence-electron chi connectivity index (χ4n) is 6.04. The molecule has 0 rings (SSSR count). The van der Waals surface area contributed by atoms with E-state index < -0.39 is 28.0 Å². The van der Waals surface area contributed by atoms with Gasteiger partial charge in [-0.1, -0.05) is 174 Å². The van der Waals surface area contributed by atoms with Gasteiger partial charge in [0.1, 0.15) is 0 Å². The predicted molar refractivity (Wildman–Crippen MR) is 193 cm³/mol. The summed E-state index contributed by atoms with van der Waals surface area (Å²) in [5, 5.41) is 13.3. The molecule has 0 bridgehead atoms. The predicted octanol–water partition coefficient (Wildman–Crippen LogP) is 11.0. The molecule has 0 aromatic carbocycles. The smallest absolute Gasteiger partial charge is 0.266 e. The monoisotopic (exact) mass is 658 g/mol. The van der Waals surface area contributed by atoms with Gasteiger partial charge in [0, 0.05) is 6.42 Å².